The third-order valence-electron chi connectivity index (χ3n) is 5.74. The molecule has 0 radical (unpaired) electrons. The average Bonchev–Trinajstić information content (AvgIpc) is 2.58. The highest BCUT2D eigenvalue weighted by molar-refractivity contribution is 5.78. The Morgan fingerprint density at radius 3 is 2.74 bits per heavy atom. The number of nitrogens with zero attached hydrogens (tertiary/aromatic N) is 2. The highest BCUT2D eigenvalue weighted by Crippen LogP contribution is 2.32. The van der Waals surface area contributed by atoms with E-state index in [1.807, 2.05) is 4.90 Å². The smallest absolute Gasteiger partial charge is 0.224 e. The third-order valence-corrected chi connectivity index (χ3v) is 5.74. The van der Waals surface area contributed by atoms with Crippen LogP contribution in [-0.4, -0.2) is 72.1 Å². The second kappa shape index (κ2) is 7.62. The standard InChI is InChI=1S/C17H29N3O3/c21-10-6-16(22)19-9-5-15-14(12-19)1-2-17(23)20(15)11-13-3-7-18-8-4-13/h13-15,18,21H,1-12H2. The van der Waals surface area contributed by atoms with E-state index >= 15 is 0 Å². The van der Waals surface area contributed by atoms with Crippen LogP contribution < -0.4 is 5.32 Å². The number of fused-ring (bicyclic) bond motifs is 1. The SMILES string of the molecule is O=C(CCO)N1CCC2C(CCC(=O)N2CC2CCNCC2)C1. The molecule has 3 aliphatic heterocycles. The Morgan fingerprint density at radius 2 is 2.00 bits per heavy atom. The van der Waals surface area contributed by atoms with E-state index in [0.717, 1.165) is 58.4 Å². The van der Waals surface area contributed by atoms with Crippen molar-refractivity contribution < 1.29 is 14.7 Å². The molecule has 6 heteroatoms. The predicted octanol–water partition coefficient (Wildman–Crippen LogP) is 0.208. The molecule has 0 saturated carbocycles. The fraction of sp³-hybridized carbons (Fsp3) is 0.882. The summed E-state index contributed by atoms with van der Waals surface area (Å²) in [4.78, 5) is 28.5. The third kappa shape index (κ3) is 3.86. The number of rotatable bonds is 4. The number of piperidine rings is 3. The summed E-state index contributed by atoms with van der Waals surface area (Å²) in [6, 6.07) is 0.310. The maximum absolute atomic E-state index is 12.4. The van der Waals surface area contributed by atoms with Gasteiger partial charge in [0, 0.05) is 38.5 Å². The predicted molar refractivity (Wildman–Crippen MR) is 86.7 cm³/mol. The van der Waals surface area contributed by atoms with Crippen LogP contribution in [0.4, 0.5) is 0 Å². The number of amides is 2. The van der Waals surface area contributed by atoms with Crippen molar-refractivity contribution in [2.75, 3.05) is 39.3 Å². The van der Waals surface area contributed by atoms with Gasteiger partial charge in [0.25, 0.3) is 0 Å². The van der Waals surface area contributed by atoms with Crippen molar-refractivity contribution in [2.45, 2.75) is 44.6 Å². The van der Waals surface area contributed by atoms with Gasteiger partial charge in [-0.2, -0.15) is 0 Å². The Hall–Kier alpha value is -1.14. The van der Waals surface area contributed by atoms with Crippen LogP contribution in [0.3, 0.4) is 0 Å². The summed E-state index contributed by atoms with van der Waals surface area (Å²) < 4.78 is 0. The molecule has 0 aromatic heterocycles. The molecule has 2 unspecified atom stereocenters. The van der Waals surface area contributed by atoms with E-state index in [1.165, 1.54) is 0 Å². The Balaban J connectivity index is 1.61. The van der Waals surface area contributed by atoms with Crippen LogP contribution in [0, 0.1) is 11.8 Å². The van der Waals surface area contributed by atoms with Crippen molar-refractivity contribution in [3.63, 3.8) is 0 Å². The number of hydrogen-bond donors (Lipinski definition) is 2. The molecule has 130 valence electrons. The van der Waals surface area contributed by atoms with Gasteiger partial charge in [0.15, 0.2) is 0 Å². The molecule has 6 nitrogen and oxygen atoms in total. The molecule has 3 fully saturated rings. The maximum atomic E-state index is 12.4. The summed E-state index contributed by atoms with van der Waals surface area (Å²) in [7, 11) is 0. The van der Waals surface area contributed by atoms with Crippen LogP contribution >= 0.6 is 0 Å². The van der Waals surface area contributed by atoms with Crippen LogP contribution in [0.25, 0.3) is 0 Å². The second-order valence-corrected chi connectivity index (χ2v) is 7.21. The summed E-state index contributed by atoms with van der Waals surface area (Å²) in [5.41, 5.74) is 0. The number of aliphatic hydroxyl groups is 1. The van der Waals surface area contributed by atoms with Gasteiger partial charge in [-0.3, -0.25) is 9.59 Å². The average molecular weight is 323 g/mol. The summed E-state index contributed by atoms with van der Waals surface area (Å²) in [6.45, 7) is 4.40. The van der Waals surface area contributed by atoms with Crippen LogP contribution in [0.5, 0.6) is 0 Å². The van der Waals surface area contributed by atoms with Gasteiger partial charge in [0.2, 0.25) is 11.8 Å². The Morgan fingerprint density at radius 1 is 1.22 bits per heavy atom. The first-order valence-corrected chi connectivity index (χ1v) is 9.08. The fourth-order valence-electron chi connectivity index (χ4n) is 4.41. The van der Waals surface area contributed by atoms with E-state index in [4.69, 9.17) is 5.11 Å². The molecule has 3 aliphatic rings. The monoisotopic (exact) mass is 323 g/mol. The van der Waals surface area contributed by atoms with Gasteiger partial charge >= 0.3 is 0 Å². The van der Waals surface area contributed by atoms with Gasteiger partial charge in [0.1, 0.15) is 0 Å². The van der Waals surface area contributed by atoms with Crippen LogP contribution in [0.2, 0.25) is 0 Å². The molecule has 2 atom stereocenters. The molecule has 0 bridgehead atoms. The number of hydrogen-bond acceptors (Lipinski definition) is 4. The zero-order chi connectivity index (χ0) is 16.2. The van der Waals surface area contributed by atoms with Gasteiger partial charge < -0.3 is 20.2 Å². The minimum absolute atomic E-state index is 0.0488. The second-order valence-electron chi connectivity index (χ2n) is 7.21. The number of aliphatic hydroxyl groups excluding tert-OH is 1. The molecule has 0 aromatic carbocycles. The highest BCUT2D eigenvalue weighted by atomic mass is 16.3. The van der Waals surface area contributed by atoms with Crippen molar-refractivity contribution in [1.82, 2.24) is 15.1 Å². The summed E-state index contributed by atoms with van der Waals surface area (Å²) in [5, 5.41) is 12.3. The van der Waals surface area contributed by atoms with E-state index in [9.17, 15) is 9.59 Å². The zero-order valence-corrected chi connectivity index (χ0v) is 13.9. The first-order valence-electron chi connectivity index (χ1n) is 9.08. The number of carbonyl (C=O) groups is 2. The normalized spacial score (nSPS) is 29.5. The van der Waals surface area contributed by atoms with Crippen LogP contribution in [0.1, 0.15) is 38.5 Å². The summed E-state index contributed by atoms with van der Waals surface area (Å²) in [5.74, 6) is 1.38. The van der Waals surface area contributed by atoms with Gasteiger partial charge in [0.05, 0.1) is 6.61 Å². The lowest BCUT2D eigenvalue weighted by molar-refractivity contribution is -0.145. The van der Waals surface area contributed by atoms with E-state index in [-0.39, 0.29) is 18.9 Å². The Bertz CT molecular complexity index is 437. The Kier molecular flexibility index (Phi) is 5.54. The van der Waals surface area contributed by atoms with E-state index in [2.05, 4.69) is 10.2 Å². The van der Waals surface area contributed by atoms with E-state index in [1.54, 1.807) is 0 Å². The molecule has 0 aromatic rings. The lowest BCUT2D eigenvalue weighted by Crippen LogP contribution is -2.58. The molecular weight excluding hydrogens is 294 g/mol. The molecule has 2 N–H and O–H groups in total. The molecule has 3 heterocycles. The van der Waals surface area contributed by atoms with Crippen LogP contribution in [0.15, 0.2) is 0 Å². The minimum Gasteiger partial charge on any atom is -0.396 e. The van der Waals surface area contributed by atoms with Crippen molar-refractivity contribution >= 4 is 11.8 Å². The summed E-state index contributed by atoms with van der Waals surface area (Å²) >= 11 is 0. The molecule has 3 saturated heterocycles. The number of likely N-dealkylation sites (tertiary alicyclic amines) is 2. The van der Waals surface area contributed by atoms with Gasteiger partial charge in [-0.25, -0.2) is 0 Å². The van der Waals surface area contributed by atoms with Crippen LogP contribution in [-0.2, 0) is 9.59 Å². The lowest BCUT2D eigenvalue weighted by Gasteiger charge is -2.48. The molecule has 0 spiro atoms. The van der Waals surface area contributed by atoms with Crippen molar-refractivity contribution in [3.05, 3.63) is 0 Å². The Labute approximate surface area is 138 Å². The van der Waals surface area contributed by atoms with Crippen molar-refractivity contribution in [3.8, 4) is 0 Å². The first-order chi connectivity index (χ1) is 11.2. The first kappa shape index (κ1) is 16.7. The fourth-order valence-corrected chi connectivity index (χ4v) is 4.41. The molecule has 0 aliphatic carbocycles. The molecule has 3 rings (SSSR count). The highest BCUT2D eigenvalue weighted by Gasteiger charge is 2.40. The van der Waals surface area contributed by atoms with Gasteiger partial charge in [-0.15, -0.1) is 0 Å². The van der Waals surface area contributed by atoms with E-state index in [0.29, 0.717) is 30.2 Å². The number of carbonyl (C=O) groups excluding carboxylic acids is 2. The maximum Gasteiger partial charge on any atom is 0.224 e. The molecule has 23 heavy (non-hydrogen) atoms. The minimum atomic E-state index is -0.0796. The lowest BCUT2D eigenvalue weighted by atomic mass is 9.82. The molecular formula is C17H29N3O3. The largest absolute Gasteiger partial charge is 0.396 e. The quantitative estimate of drug-likeness (QED) is 0.776. The van der Waals surface area contributed by atoms with Crippen molar-refractivity contribution in [1.29, 1.82) is 0 Å². The topological polar surface area (TPSA) is 72.9 Å². The zero-order valence-electron chi connectivity index (χ0n) is 13.9. The van der Waals surface area contributed by atoms with Gasteiger partial charge in [-0.05, 0) is 50.6 Å². The summed E-state index contributed by atoms with van der Waals surface area (Å²) in [6.07, 6.45) is 4.93. The van der Waals surface area contributed by atoms with Gasteiger partial charge in [-0.1, -0.05) is 0 Å². The number of nitrogens with one attached hydrogen (secondary N) is 1. The van der Waals surface area contributed by atoms with Crippen molar-refractivity contribution in [2.24, 2.45) is 11.8 Å². The molecule has 2 amide bonds. The van der Waals surface area contributed by atoms with E-state index < -0.39 is 0 Å².